The third kappa shape index (κ3) is 1.79. The van der Waals surface area contributed by atoms with Gasteiger partial charge >= 0.3 is 0 Å². The molecule has 2 heteroatoms. The smallest absolute Gasteiger partial charge is 0.194 e. The minimum Gasteiger partial charge on any atom is -0.289 e. The predicted molar refractivity (Wildman–Crippen MR) is 81.0 cm³/mol. The number of carbonyl (C=O) groups excluding carboxylic acids is 2. The third-order valence-corrected chi connectivity index (χ3v) is 4.78. The highest BCUT2D eigenvalue weighted by atomic mass is 16.1. The zero-order valence-electron chi connectivity index (χ0n) is 11.8. The quantitative estimate of drug-likeness (QED) is 0.670. The van der Waals surface area contributed by atoms with Crippen molar-refractivity contribution in [2.75, 3.05) is 0 Å². The molecule has 104 valence electrons. The van der Waals surface area contributed by atoms with Crippen molar-refractivity contribution >= 4 is 11.6 Å². The number of carbonyl (C=O) groups is 2. The number of ketones is 2. The highest BCUT2D eigenvalue weighted by molar-refractivity contribution is 6.28. The van der Waals surface area contributed by atoms with Crippen LogP contribution in [0.15, 0.2) is 42.5 Å². The van der Waals surface area contributed by atoms with Crippen LogP contribution < -0.4 is 0 Å². The SMILES string of the molecule is O=C1c2ccccc2C(=O)c2c1cccc2C1CCCC1. The molecule has 0 bridgehead atoms. The van der Waals surface area contributed by atoms with Crippen molar-refractivity contribution in [2.24, 2.45) is 0 Å². The molecule has 2 aromatic rings. The molecule has 21 heavy (non-hydrogen) atoms. The van der Waals surface area contributed by atoms with E-state index in [1.165, 1.54) is 12.8 Å². The first kappa shape index (κ1) is 12.5. The Balaban J connectivity index is 1.94. The molecule has 1 saturated carbocycles. The van der Waals surface area contributed by atoms with Crippen LogP contribution in [0.4, 0.5) is 0 Å². The zero-order valence-corrected chi connectivity index (χ0v) is 11.8. The monoisotopic (exact) mass is 276 g/mol. The van der Waals surface area contributed by atoms with Gasteiger partial charge in [-0.2, -0.15) is 0 Å². The largest absolute Gasteiger partial charge is 0.289 e. The second-order valence-corrected chi connectivity index (χ2v) is 5.96. The van der Waals surface area contributed by atoms with E-state index >= 15 is 0 Å². The van der Waals surface area contributed by atoms with Crippen LogP contribution in [0, 0.1) is 0 Å². The Morgan fingerprint density at radius 2 is 1.33 bits per heavy atom. The van der Waals surface area contributed by atoms with Crippen LogP contribution in [-0.2, 0) is 0 Å². The second-order valence-electron chi connectivity index (χ2n) is 5.96. The Labute approximate surface area is 123 Å². The first-order chi connectivity index (χ1) is 10.3. The summed E-state index contributed by atoms with van der Waals surface area (Å²) in [5.74, 6) is 0.435. The second kappa shape index (κ2) is 4.66. The van der Waals surface area contributed by atoms with Crippen molar-refractivity contribution in [1.29, 1.82) is 0 Å². The van der Waals surface area contributed by atoms with Gasteiger partial charge in [-0.25, -0.2) is 0 Å². The molecule has 0 saturated heterocycles. The first-order valence-corrected chi connectivity index (χ1v) is 7.58. The van der Waals surface area contributed by atoms with Crippen molar-refractivity contribution < 1.29 is 9.59 Å². The molecule has 0 radical (unpaired) electrons. The van der Waals surface area contributed by atoms with E-state index in [1.54, 1.807) is 18.2 Å². The maximum atomic E-state index is 12.9. The number of fused-ring (bicyclic) bond motifs is 2. The topological polar surface area (TPSA) is 34.1 Å². The molecule has 0 amide bonds. The van der Waals surface area contributed by atoms with Gasteiger partial charge in [-0.3, -0.25) is 9.59 Å². The lowest BCUT2D eigenvalue weighted by Gasteiger charge is -2.22. The predicted octanol–water partition coefficient (Wildman–Crippen LogP) is 4.12. The standard InChI is InChI=1S/C19H16O2/c20-18-14-8-3-4-9-15(14)19(21)17-13(10-5-11-16(17)18)12-6-1-2-7-12/h3-5,8-12H,1-2,6-7H2. The van der Waals surface area contributed by atoms with E-state index in [9.17, 15) is 9.59 Å². The Bertz CT molecular complexity index is 752. The molecule has 0 spiro atoms. The summed E-state index contributed by atoms with van der Waals surface area (Å²) in [6.07, 6.45) is 4.68. The molecule has 4 rings (SSSR count). The highest BCUT2D eigenvalue weighted by Gasteiger charge is 2.33. The molecular weight excluding hydrogens is 260 g/mol. The minimum atomic E-state index is -0.0138. The summed E-state index contributed by atoms with van der Waals surface area (Å²) in [5, 5.41) is 0. The lowest BCUT2D eigenvalue weighted by Crippen LogP contribution is -2.23. The summed E-state index contributed by atoms with van der Waals surface area (Å²) in [7, 11) is 0. The van der Waals surface area contributed by atoms with E-state index in [0.717, 1.165) is 18.4 Å². The lowest BCUT2D eigenvalue weighted by molar-refractivity contribution is 0.0978. The number of benzene rings is 2. The molecule has 0 unspecified atom stereocenters. The molecule has 1 fully saturated rings. The summed E-state index contributed by atoms with van der Waals surface area (Å²) >= 11 is 0. The van der Waals surface area contributed by atoms with Gasteiger partial charge in [-0.05, 0) is 24.3 Å². The third-order valence-electron chi connectivity index (χ3n) is 4.78. The fraction of sp³-hybridized carbons (Fsp3) is 0.263. The fourth-order valence-corrected chi connectivity index (χ4v) is 3.75. The number of hydrogen-bond acceptors (Lipinski definition) is 2. The van der Waals surface area contributed by atoms with Gasteiger partial charge in [0.25, 0.3) is 0 Å². The molecule has 2 aliphatic carbocycles. The van der Waals surface area contributed by atoms with Gasteiger partial charge in [-0.1, -0.05) is 55.3 Å². The fourth-order valence-electron chi connectivity index (χ4n) is 3.75. The lowest BCUT2D eigenvalue weighted by atomic mass is 9.79. The Morgan fingerprint density at radius 3 is 2.05 bits per heavy atom. The van der Waals surface area contributed by atoms with Crippen LogP contribution in [0.3, 0.4) is 0 Å². The van der Waals surface area contributed by atoms with Crippen molar-refractivity contribution in [1.82, 2.24) is 0 Å². The van der Waals surface area contributed by atoms with Crippen molar-refractivity contribution in [3.63, 3.8) is 0 Å². The van der Waals surface area contributed by atoms with Gasteiger partial charge in [0.15, 0.2) is 11.6 Å². The van der Waals surface area contributed by atoms with E-state index in [0.29, 0.717) is 28.2 Å². The van der Waals surface area contributed by atoms with Gasteiger partial charge < -0.3 is 0 Å². The molecule has 0 aromatic heterocycles. The number of rotatable bonds is 1. The number of hydrogen-bond donors (Lipinski definition) is 0. The van der Waals surface area contributed by atoms with E-state index < -0.39 is 0 Å². The van der Waals surface area contributed by atoms with E-state index in [4.69, 9.17) is 0 Å². The van der Waals surface area contributed by atoms with Crippen LogP contribution in [0.5, 0.6) is 0 Å². The molecule has 0 aliphatic heterocycles. The molecular formula is C19H16O2. The van der Waals surface area contributed by atoms with Crippen LogP contribution in [0.25, 0.3) is 0 Å². The normalized spacial score (nSPS) is 17.7. The van der Waals surface area contributed by atoms with E-state index in [2.05, 4.69) is 0 Å². The Kier molecular flexibility index (Phi) is 2.78. The maximum Gasteiger partial charge on any atom is 0.194 e. The van der Waals surface area contributed by atoms with Crippen molar-refractivity contribution in [2.45, 2.75) is 31.6 Å². The van der Waals surface area contributed by atoms with Crippen LogP contribution >= 0.6 is 0 Å². The molecule has 0 N–H and O–H groups in total. The average Bonchev–Trinajstić information content (AvgIpc) is 3.06. The summed E-state index contributed by atoms with van der Waals surface area (Å²) < 4.78 is 0. The van der Waals surface area contributed by atoms with Crippen molar-refractivity contribution in [3.05, 3.63) is 70.3 Å². The van der Waals surface area contributed by atoms with E-state index in [-0.39, 0.29) is 11.6 Å². The summed E-state index contributed by atoms with van der Waals surface area (Å²) in [6, 6.07) is 12.9. The van der Waals surface area contributed by atoms with E-state index in [1.807, 2.05) is 24.3 Å². The Hall–Kier alpha value is -2.22. The van der Waals surface area contributed by atoms with Crippen LogP contribution in [0.2, 0.25) is 0 Å². The molecule has 2 nitrogen and oxygen atoms in total. The molecule has 0 atom stereocenters. The summed E-state index contributed by atoms with van der Waals surface area (Å²) in [5.41, 5.74) is 3.42. The van der Waals surface area contributed by atoms with Crippen LogP contribution in [-0.4, -0.2) is 11.6 Å². The highest BCUT2D eigenvalue weighted by Crippen LogP contribution is 2.39. The van der Waals surface area contributed by atoms with Crippen LogP contribution in [0.1, 0.15) is 69.0 Å². The summed E-state index contributed by atoms with van der Waals surface area (Å²) in [6.45, 7) is 0. The van der Waals surface area contributed by atoms with Gasteiger partial charge in [-0.15, -0.1) is 0 Å². The maximum absolute atomic E-state index is 12.9. The molecule has 2 aromatic carbocycles. The van der Waals surface area contributed by atoms with Gasteiger partial charge in [0.05, 0.1) is 0 Å². The minimum absolute atomic E-state index is 0.0138. The molecule has 2 aliphatic rings. The molecule has 0 heterocycles. The summed E-state index contributed by atoms with van der Waals surface area (Å²) in [4.78, 5) is 25.5. The average molecular weight is 276 g/mol. The van der Waals surface area contributed by atoms with Crippen molar-refractivity contribution in [3.8, 4) is 0 Å². The van der Waals surface area contributed by atoms with Gasteiger partial charge in [0.1, 0.15) is 0 Å². The van der Waals surface area contributed by atoms with Gasteiger partial charge in [0, 0.05) is 22.3 Å². The van der Waals surface area contributed by atoms with Gasteiger partial charge in [0.2, 0.25) is 0 Å². The zero-order chi connectivity index (χ0) is 14.4. The Morgan fingerprint density at radius 1 is 0.714 bits per heavy atom. The first-order valence-electron chi connectivity index (χ1n) is 7.58.